The molecular formula is C22H28FN3O4. The number of carbonyl (C=O) groups excluding carboxylic acids is 1. The van der Waals surface area contributed by atoms with Gasteiger partial charge in [-0.25, -0.2) is 4.39 Å². The van der Waals surface area contributed by atoms with Crippen LogP contribution in [0.1, 0.15) is 54.9 Å². The predicted octanol–water partition coefficient (Wildman–Crippen LogP) is 2.40. The van der Waals surface area contributed by atoms with Crippen molar-refractivity contribution in [3.05, 3.63) is 57.6 Å². The molecule has 0 saturated heterocycles. The third kappa shape index (κ3) is 4.55. The Bertz CT molecular complexity index is 989. The molecule has 1 aliphatic rings. The molecule has 3 atom stereocenters. The van der Waals surface area contributed by atoms with Gasteiger partial charge in [-0.1, -0.05) is 19.9 Å². The Kier molecular flexibility index (Phi) is 6.58. The van der Waals surface area contributed by atoms with Crippen LogP contribution in [0.5, 0.6) is 0 Å². The number of halogens is 1. The van der Waals surface area contributed by atoms with Gasteiger partial charge in [0.25, 0.3) is 11.5 Å². The highest BCUT2D eigenvalue weighted by molar-refractivity contribution is 5.99. The number of rotatable bonds is 5. The maximum Gasteiger partial charge on any atom is 0.255 e. The molecule has 0 spiro atoms. The van der Waals surface area contributed by atoms with Crippen LogP contribution in [0.15, 0.2) is 35.1 Å². The molecular weight excluding hydrogens is 389 g/mol. The number of hydrogen-bond donors (Lipinski definition) is 4. The van der Waals surface area contributed by atoms with Gasteiger partial charge in [0.15, 0.2) is 0 Å². The van der Waals surface area contributed by atoms with Crippen molar-refractivity contribution in [1.82, 2.24) is 9.88 Å². The summed E-state index contributed by atoms with van der Waals surface area (Å²) < 4.78 is 15.8. The quantitative estimate of drug-likeness (QED) is 0.598. The summed E-state index contributed by atoms with van der Waals surface area (Å²) in [7, 11) is 1.49. The van der Waals surface area contributed by atoms with Crippen LogP contribution in [0.4, 0.5) is 15.9 Å². The van der Waals surface area contributed by atoms with E-state index in [0.717, 1.165) is 5.56 Å². The van der Waals surface area contributed by atoms with Gasteiger partial charge in [-0.2, -0.15) is 0 Å². The van der Waals surface area contributed by atoms with Gasteiger partial charge in [-0.3, -0.25) is 14.2 Å². The molecule has 0 aliphatic heterocycles. The van der Waals surface area contributed by atoms with Crippen molar-refractivity contribution >= 4 is 17.4 Å². The van der Waals surface area contributed by atoms with Crippen LogP contribution in [-0.4, -0.2) is 38.9 Å². The Hall–Kier alpha value is -2.71. The summed E-state index contributed by atoms with van der Waals surface area (Å²) in [4.78, 5) is 25.1. The summed E-state index contributed by atoms with van der Waals surface area (Å²) in [6.07, 6.45) is -0.270. The van der Waals surface area contributed by atoms with Gasteiger partial charge in [0, 0.05) is 13.1 Å². The number of aromatic nitrogens is 1. The van der Waals surface area contributed by atoms with Gasteiger partial charge < -0.3 is 20.8 Å². The lowest BCUT2D eigenvalue weighted by Gasteiger charge is -2.32. The van der Waals surface area contributed by atoms with Crippen molar-refractivity contribution in [3.8, 4) is 0 Å². The summed E-state index contributed by atoms with van der Waals surface area (Å²) in [5, 5.41) is 25.6. The molecule has 4 N–H and O–H groups in total. The molecule has 0 bridgehead atoms. The maximum absolute atomic E-state index is 14.6. The number of carbonyl (C=O) groups is 1. The molecule has 1 heterocycles. The first kappa shape index (κ1) is 22.0. The van der Waals surface area contributed by atoms with Gasteiger partial charge in [0.2, 0.25) is 0 Å². The molecule has 30 heavy (non-hydrogen) atoms. The lowest BCUT2D eigenvalue weighted by molar-refractivity contribution is -0.0277. The second-order valence-corrected chi connectivity index (χ2v) is 8.08. The number of nitrogens with one attached hydrogen (secondary N) is 2. The third-order valence-electron chi connectivity index (χ3n) is 5.61. The van der Waals surface area contributed by atoms with E-state index in [4.69, 9.17) is 0 Å². The normalized spacial score (nSPS) is 21.5. The van der Waals surface area contributed by atoms with E-state index in [1.165, 1.54) is 29.8 Å². The maximum atomic E-state index is 14.6. The molecule has 3 unspecified atom stereocenters. The average Bonchev–Trinajstić information content (AvgIpc) is 2.70. The fourth-order valence-electron chi connectivity index (χ4n) is 3.65. The largest absolute Gasteiger partial charge is 0.390 e. The average molecular weight is 417 g/mol. The number of aliphatic hydroxyl groups is 2. The van der Waals surface area contributed by atoms with Crippen LogP contribution in [0.2, 0.25) is 0 Å². The van der Waals surface area contributed by atoms with Crippen LogP contribution >= 0.6 is 0 Å². The lowest BCUT2D eigenvalue weighted by Crippen LogP contribution is -2.51. The number of benzene rings is 1. The minimum absolute atomic E-state index is 0.136. The van der Waals surface area contributed by atoms with Gasteiger partial charge in [-0.15, -0.1) is 0 Å². The van der Waals surface area contributed by atoms with Crippen molar-refractivity contribution in [2.45, 2.75) is 57.3 Å². The Morgan fingerprint density at radius 2 is 1.93 bits per heavy atom. The van der Waals surface area contributed by atoms with E-state index in [1.54, 1.807) is 12.1 Å². The molecule has 162 valence electrons. The monoisotopic (exact) mass is 417 g/mol. The van der Waals surface area contributed by atoms with Crippen LogP contribution in [0.25, 0.3) is 0 Å². The second-order valence-electron chi connectivity index (χ2n) is 8.08. The van der Waals surface area contributed by atoms with Crippen LogP contribution in [0, 0.1) is 5.82 Å². The highest BCUT2D eigenvalue weighted by atomic mass is 19.1. The molecule has 3 rings (SSSR count). The lowest BCUT2D eigenvalue weighted by atomic mass is 9.90. The summed E-state index contributed by atoms with van der Waals surface area (Å²) >= 11 is 0. The molecule has 2 aromatic rings. The highest BCUT2D eigenvalue weighted by Gasteiger charge is 2.32. The first-order chi connectivity index (χ1) is 14.2. The molecule has 7 nitrogen and oxygen atoms in total. The number of amides is 1. The SMILES string of the molecule is CC(C)c1ccc(Nc2c(C(=O)NC3CCCC(O)C3O)ccc(=O)n2C)c(F)c1. The predicted molar refractivity (Wildman–Crippen MR) is 113 cm³/mol. The zero-order chi connectivity index (χ0) is 22.0. The van der Waals surface area contributed by atoms with Gasteiger partial charge >= 0.3 is 0 Å². The number of hydrogen-bond acceptors (Lipinski definition) is 5. The van der Waals surface area contributed by atoms with Crippen LogP contribution < -0.4 is 16.2 Å². The zero-order valence-electron chi connectivity index (χ0n) is 17.4. The molecule has 1 aromatic heterocycles. The number of pyridine rings is 1. The number of nitrogens with zero attached hydrogens (tertiary/aromatic N) is 1. The van der Waals surface area contributed by atoms with E-state index in [1.807, 2.05) is 13.8 Å². The molecule has 1 saturated carbocycles. The number of anilines is 2. The molecule has 1 amide bonds. The second kappa shape index (κ2) is 8.97. The topological polar surface area (TPSA) is 104 Å². The van der Waals surface area contributed by atoms with Gasteiger partial charge in [0.1, 0.15) is 11.6 Å². The van der Waals surface area contributed by atoms with E-state index in [0.29, 0.717) is 19.3 Å². The number of aliphatic hydroxyl groups excluding tert-OH is 2. The fraction of sp³-hybridized carbons (Fsp3) is 0.455. The molecule has 8 heteroatoms. The van der Waals surface area contributed by atoms with Crippen molar-refractivity contribution in [2.24, 2.45) is 7.05 Å². The molecule has 1 aliphatic carbocycles. The summed E-state index contributed by atoms with van der Waals surface area (Å²) in [6, 6.07) is 6.81. The molecule has 1 fully saturated rings. The first-order valence-corrected chi connectivity index (χ1v) is 10.1. The minimum Gasteiger partial charge on any atom is -0.390 e. The van der Waals surface area contributed by atoms with E-state index in [2.05, 4.69) is 10.6 Å². The molecule has 0 radical (unpaired) electrons. The highest BCUT2D eigenvalue weighted by Crippen LogP contribution is 2.26. The third-order valence-corrected chi connectivity index (χ3v) is 5.61. The zero-order valence-corrected chi connectivity index (χ0v) is 17.4. The van der Waals surface area contributed by atoms with Crippen molar-refractivity contribution in [3.63, 3.8) is 0 Å². The smallest absolute Gasteiger partial charge is 0.255 e. The summed E-state index contributed by atoms with van der Waals surface area (Å²) in [6.45, 7) is 3.92. The van der Waals surface area contributed by atoms with E-state index < -0.39 is 30.0 Å². The Labute approximate surface area is 174 Å². The van der Waals surface area contributed by atoms with E-state index in [-0.39, 0.29) is 28.5 Å². The Morgan fingerprint density at radius 3 is 2.60 bits per heavy atom. The van der Waals surface area contributed by atoms with Crippen molar-refractivity contribution < 1.29 is 19.4 Å². The Balaban J connectivity index is 1.91. The van der Waals surface area contributed by atoms with Gasteiger partial charge in [0.05, 0.1) is 29.5 Å². The van der Waals surface area contributed by atoms with Crippen LogP contribution in [-0.2, 0) is 7.05 Å². The van der Waals surface area contributed by atoms with Crippen molar-refractivity contribution in [1.29, 1.82) is 0 Å². The first-order valence-electron chi connectivity index (χ1n) is 10.1. The molecule has 1 aromatic carbocycles. The van der Waals surface area contributed by atoms with Gasteiger partial charge in [-0.05, 0) is 48.9 Å². The Morgan fingerprint density at radius 1 is 1.20 bits per heavy atom. The van der Waals surface area contributed by atoms with Crippen LogP contribution in [0.3, 0.4) is 0 Å². The minimum atomic E-state index is -1.06. The van der Waals surface area contributed by atoms with E-state index in [9.17, 15) is 24.2 Å². The standard InChI is InChI=1S/C22H28FN3O4/c1-12(2)13-7-9-16(15(23)11-13)24-21-14(8-10-19(28)26(21)3)22(30)25-17-5-4-6-18(27)20(17)29/h7-12,17-18,20,24,27,29H,4-6H2,1-3H3,(H,25,30). The van der Waals surface area contributed by atoms with E-state index >= 15 is 0 Å². The fourth-order valence-corrected chi connectivity index (χ4v) is 3.65. The van der Waals surface area contributed by atoms with Crippen molar-refractivity contribution in [2.75, 3.05) is 5.32 Å². The summed E-state index contributed by atoms with van der Waals surface area (Å²) in [5.74, 6) is -0.713. The summed E-state index contributed by atoms with van der Waals surface area (Å²) in [5.41, 5.74) is 0.753.